The molecule has 0 heterocycles. The summed E-state index contributed by atoms with van der Waals surface area (Å²) < 4.78 is 0. The second-order valence-electron chi connectivity index (χ2n) is 3.15. The van der Waals surface area contributed by atoms with Crippen molar-refractivity contribution in [2.75, 3.05) is 13.1 Å². The van der Waals surface area contributed by atoms with Gasteiger partial charge < -0.3 is 26.6 Å². The van der Waals surface area contributed by atoms with Gasteiger partial charge in [0.2, 0.25) is 11.8 Å². The third kappa shape index (κ3) is 5.94. The maximum absolute atomic E-state index is 11.1. The first kappa shape index (κ1) is 14.3. The molecule has 16 heavy (non-hydrogen) atoms. The van der Waals surface area contributed by atoms with Gasteiger partial charge >= 0.3 is 5.97 Å². The number of nitrogens with one attached hydrogen (secondary N) is 2. The quantitative estimate of drug-likeness (QED) is 0.331. The fourth-order valence-electron chi connectivity index (χ4n) is 0.741. The van der Waals surface area contributed by atoms with E-state index in [2.05, 4.69) is 5.32 Å². The number of carbonyl (C=O) groups is 3. The number of hydrogen-bond donors (Lipinski definition) is 5. The molecule has 0 saturated carbocycles. The maximum Gasteiger partial charge on any atom is 0.322 e. The van der Waals surface area contributed by atoms with Crippen LogP contribution in [0, 0.1) is 0 Å². The number of rotatable bonds is 6. The Labute approximate surface area is 91.8 Å². The van der Waals surface area contributed by atoms with Gasteiger partial charge in [-0.3, -0.25) is 14.4 Å². The van der Waals surface area contributed by atoms with E-state index >= 15 is 0 Å². The summed E-state index contributed by atoms with van der Waals surface area (Å²) in [6.45, 7) is 0.443. The van der Waals surface area contributed by atoms with Crippen molar-refractivity contribution in [1.82, 2.24) is 10.6 Å². The number of carboxylic acid groups (broad SMARTS) is 1. The zero-order valence-corrected chi connectivity index (χ0v) is 8.77. The van der Waals surface area contributed by atoms with Crippen LogP contribution < -0.4 is 16.4 Å². The number of aliphatic hydroxyl groups is 1. The predicted molar refractivity (Wildman–Crippen MR) is 53.3 cm³/mol. The predicted octanol–water partition coefficient (Wildman–Crippen LogP) is -2.99. The summed E-state index contributed by atoms with van der Waals surface area (Å²) in [6.07, 6.45) is -1.03. The molecule has 0 spiro atoms. The molecule has 0 bridgehead atoms. The third-order valence-electron chi connectivity index (χ3n) is 1.68. The van der Waals surface area contributed by atoms with Crippen molar-refractivity contribution < 1.29 is 24.6 Å². The van der Waals surface area contributed by atoms with Gasteiger partial charge in [0.25, 0.3) is 0 Å². The molecule has 0 radical (unpaired) electrons. The molecule has 0 aromatic heterocycles. The zero-order valence-electron chi connectivity index (χ0n) is 8.77. The van der Waals surface area contributed by atoms with Gasteiger partial charge in [0.05, 0.1) is 12.6 Å². The number of amides is 2. The molecule has 92 valence electrons. The SMILES string of the molecule is C[C@H](O)[C@@H](N)C(=O)NCC(=O)NCC(=O)O. The minimum atomic E-state index is -1.18. The minimum Gasteiger partial charge on any atom is -0.480 e. The molecule has 0 aliphatic carbocycles. The highest BCUT2D eigenvalue weighted by Crippen LogP contribution is 1.87. The standard InChI is InChI=1S/C8H15N3O5/c1-4(12)7(9)8(16)11-2-5(13)10-3-6(14)15/h4,7,12H,2-3,9H2,1H3,(H,10,13)(H,11,16)(H,14,15)/t4-,7+/m0/s1. The van der Waals surface area contributed by atoms with Gasteiger partial charge in [-0.25, -0.2) is 0 Å². The molecular weight excluding hydrogens is 218 g/mol. The summed E-state index contributed by atoms with van der Waals surface area (Å²) in [4.78, 5) is 32.2. The van der Waals surface area contributed by atoms with Gasteiger partial charge in [0, 0.05) is 0 Å². The Balaban J connectivity index is 3.83. The Kier molecular flexibility index (Phi) is 6.04. The second kappa shape index (κ2) is 6.75. The van der Waals surface area contributed by atoms with E-state index < -0.39 is 36.5 Å². The van der Waals surface area contributed by atoms with E-state index in [1.54, 1.807) is 0 Å². The lowest BCUT2D eigenvalue weighted by Gasteiger charge is -2.14. The number of aliphatic hydroxyl groups excluding tert-OH is 1. The van der Waals surface area contributed by atoms with Gasteiger partial charge in [0.1, 0.15) is 12.6 Å². The van der Waals surface area contributed by atoms with Crippen LogP contribution in [0.1, 0.15) is 6.92 Å². The largest absolute Gasteiger partial charge is 0.480 e. The van der Waals surface area contributed by atoms with Crippen LogP contribution in [0.3, 0.4) is 0 Å². The van der Waals surface area contributed by atoms with Crippen molar-refractivity contribution in [2.24, 2.45) is 5.73 Å². The summed E-state index contributed by atoms with van der Waals surface area (Å²) in [5.41, 5.74) is 5.28. The fourth-order valence-corrected chi connectivity index (χ4v) is 0.741. The van der Waals surface area contributed by atoms with Crippen LogP contribution in [0.15, 0.2) is 0 Å². The summed E-state index contributed by atoms with van der Waals surface area (Å²) in [5.74, 6) is -2.51. The summed E-state index contributed by atoms with van der Waals surface area (Å²) in [6, 6.07) is -1.12. The maximum atomic E-state index is 11.1. The molecule has 0 unspecified atom stereocenters. The first-order valence-electron chi connectivity index (χ1n) is 4.54. The highest BCUT2D eigenvalue weighted by Gasteiger charge is 2.18. The Morgan fingerprint density at radius 3 is 2.25 bits per heavy atom. The molecule has 6 N–H and O–H groups in total. The lowest BCUT2D eigenvalue weighted by molar-refractivity contribution is -0.137. The molecule has 8 nitrogen and oxygen atoms in total. The normalized spacial score (nSPS) is 13.7. The average Bonchev–Trinajstić information content (AvgIpc) is 2.21. The average molecular weight is 233 g/mol. The smallest absolute Gasteiger partial charge is 0.322 e. The van der Waals surface area contributed by atoms with Gasteiger partial charge in [0.15, 0.2) is 0 Å². The highest BCUT2D eigenvalue weighted by atomic mass is 16.4. The molecule has 0 aromatic rings. The van der Waals surface area contributed by atoms with E-state index in [4.69, 9.17) is 15.9 Å². The first-order valence-corrected chi connectivity index (χ1v) is 4.54. The van der Waals surface area contributed by atoms with E-state index in [9.17, 15) is 14.4 Å². The molecule has 0 aromatic carbocycles. The molecule has 0 saturated heterocycles. The van der Waals surface area contributed by atoms with E-state index in [1.165, 1.54) is 6.92 Å². The Morgan fingerprint density at radius 1 is 1.25 bits per heavy atom. The lowest BCUT2D eigenvalue weighted by atomic mass is 10.2. The van der Waals surface area contributed by atoms with E-state index in [1.807, 2.05) is 5.32 Å². The van der Waals surface area contributed by atoms with Crippen molar-refractivity contribution in [3.05, 3.63) is 0 Å². The molecule has 0 aliphatic heterocycles. The van der Waals surface area contributed by atoms with Crippen LogP contribution in [-0.2, 0) is 14.4 Å². The van der Waals surface area contributed by atoms with E-state index in [0.29, 0.717) is 0 Å². The molecule has 0 rings (SSSR count). The van der Waals surface area contributed by atoms with Crippen molar-refractivity contribution >= 4 is 17.8 Å². The van der Waals surface area contributed by atoms with Crippen LogP contribution >= 0.6 is 0 Å². The number of carboxylic acids is 1. The molecule has 8 heteroatoms. The Morgan fingerprint density at radius 2 is 1.81 bits per heavy atom. The topological polar surface area (TPSA) is 142 Å². The van der Waals surface area contributed by atoms with Crippen LogP contribution in [0.25, 0.3) is 0 Å². The van der Waals surface area contributed by atoms with Gasteiger partial charge in [-0.2, -0.15) is 0 Å². The number of hydrogen-bond acceptors (Lipinski definition) is 5. The van der Waals surface area contributed by atoms with Gasteiger partial charge in [-0.1, -0.05) is 0 Å². The number of carbonyl (C=O) groups excluding carboxylic acids is 2. The van der Waals surface area contributed by atoms with Crippen molar-refractivity contribution in [3.63, 3.8) is 0 Å². The second-order valence-corrected chi connectivity index (χ2v) is 3.15. The van der Waals surface area contributed by atoms with Crippen LogP contribution in [0.5, 0.6) is 0 Å². The van der Waals surface area contributed by atoms with Crippen molar-refractivity contribution in [2.45, 2.75) is 19.1 Å². The first-order chi connectivity index (χ1) is 7.34. The molecule has 2 atom stereocenters. The molecule has 0 aliphatic rings. The van der Waals surface area contributed by atoms with Crippen molar-refractivity contribution in [3.8, 4) is 0 Å². The fraction of sp³-hybridized carbons (Fsp3) is 0.625. The zero-order chi connectivity index (χ0) is 12.7. The molecular formula is C8H15N3O5. The summed E-state index contributed by atoms with van der Waals surface area (Å²) in [5, 5.41) is 21.4. The number of aliphatic carboxylic acids is 1. The van der Waals surface area contributed by atoms with Crippen LogP contribution in [0.4, 0.5) is 0 Å². The Hall–Kier alpha value is -1.67. The third-order valence-corrected chi connectivity index (χ3v) is 1.68. The Bertz CT molecular complexity index is 279. The number of nitrogens with two attached hydrogens (primary N) is 1. The van der Waals surface area contributed by atoms with E-state index in [0.717, 1.165) is 0 Å². The monoisotopic (exact) mass is 233 g/mol. The molecule has 2 amide bonds. The van der Waals surface area contributed by atoms with Crippen LogP contribution in [0.2, 0.25) is 0 Å². The van der Waals surface area contributed by atoms with Crippen molar-refractivity contribution in [1.29, 1.82) is 0 Å². The van der Waals surface area contributed by atoms with Gasteiger partial charge in [-0.05, 0) is 6.92 Å². The minimum absolute atomic E-state index is 0.382. The summed E-state index contributed by atoms with van der Waals surface area (Å²) in [7, 11) is 0. The lowest BCUT2D eigenvalue weighted by Crippen LogP contribution is -2.49. The molecule has 0 fully saturated rings. The van der Waals surface area contributed by atoms with Gasteiger partial charge in [-0.15, -0.1) is 0 Å². The van der Waals surface area contributed by atoms with E-state index in [-0.39, 0.29) is 6.54 Å². The summed E-state index contributed by atoms with van der Waals surface area (Å²) >= 11 is 0. The highest BCUT2D eigenvalue weighted by molar-refractivity contribution is 5.88. The van der Waals surface area contributed by atoms with Crippen LogP contribution in [-0.4, -0.2) is 53.2 Å².